The summed E-state index contributed by atoms with van der Waals surface area (Å²) < 4.78 is 13.7. The summed E-state index contributed by atoms with van der Waals surface area (Å²) in [5.74, 6) is 0. The van der Waals surface area contributed by atoms with Gasteiger partial charge in [-0.25, -0.2) is 4.39 Å². The molecule has 0 saturated heterocycles. The summed E-state index contributed by atoms with van der Waals surface area (Å²) in [7, 11) is 2.25. The van der Waals surface area contributed by atoms with Crippen molar-refractivity contribution in [1.29, 1.82) is 0 Å². The molecule has 2 unspecified atom stereocenters. The van der Waals surface area contributed by atoms with Crippen molar-refractivity contribution in [3.8, 4) is 0 Å². The van der Waals surface area contributed by atoms with E-state index >= 15 is 0 Å². The SMILES string of the molecule is CCCc1ccc(C(C)(F)P)cc1CC. The average Bonchev–Trinajstić information content (AvgIpc) is 2.17. The van der Waals surface area contributed by atoms with Gasteiger partial charge in [-0.3, -0.25) is 0 Å². The lowest BCUT2D eigenvalue weighted by molar-refractivity contribution is 0.323. The number of hydrogen-bond donors (Lipinski definition) is 0. The molecule has 1 aromatic rings. The first-order valence-electron chi connectivity index (χ1n) is 5.59. The molecule has 0 spiro atoms. The second kappa shape index (κ2) is 5.07. The molecule has 2 heteroatoms. The van der Waals surface area contributed by atoms with Crippen molar-refractivity contribution >= 4 is 9.24 Å². The Morgan fingerprint density at radius 3 is 2.40 bits per heavy atom. The van der Waals surface area contributed by atoms with Crippen LogP contribution in [0.5, 0.6) is 0 Å². The summed E-state index contributed by atoms with van der Waals surface area (Å²) in [5, 5.41) is -1.31. The maximum atomic E-state index is 13.7. The standard InChI is InChI=1S/C13H20FP/c1-4-6-11-7-8-12(13(3,14)15)9-10(11)5-2/h7-9H,4-6,15H2,1-3H3. The fraction of sp³-hybridized carbons (Fsp3) is 0.538. The van der Waals surface area contributed by atoms with Gasteiger partial charge in [0.15, 0.2) is 0 Å². The molecule has 0 aliphatic carbocycles. The van der Waals surface area contributed by atoms with E-state index in [1.807, 2.05) is 12.1 Å². The highest BCUT2D eigenvalue weighted by molar-refractivity contribution is 7.18. The van der Waals surface area contributed by atoms with Crippen molar-refractivity contribution in [1.82, 2.24) is 0 Å². The smallest absolute Gasteiger partial charge is 0.145 e. The number of hydrogen-bond acceptors (Lipinski definition) is 0. The quantitative estimate of drug-likeness (QED) is 0.674. The largest absolute Gasteiger partial charge is 0.235 e. The molecule has 0 bridgehead atoms. The average molecular weight is 226 g/mol. The van der Waals surface area contributed by atoms with Crippen molar-refractivity contribution in [2.24, 2.45) is 0 Å². The molecular formula is C13H20FP. The van der Waals surface area contributed by atoms with Crippen molar-refractivity contribution in [3.05, 3.63) is 34.9 Å². The van der Waals surface area contributed by atoms with Gasteiger partial charge < -0.3 is 0 Å². The number of alkyl halides is 1. The van der Waals surface area contributed by atoms with Crippen molar-refractivity contribution in [3.63, 3.8) is 0 Å². The molecule has 0 nitrogen and oxygen atoms in total. The summed E-state index contributed by atoms with van der Waals surface area (Å²) in [6.07, 6.45) is 3.20. The van der Waals surface area contributed by atoms with Gasteiger partial charge in [0.2, 0.25) is 0 Å². The summed E-state index contributed by atoms with van der Waals surface area (Å²) >= 11 is 0. The summed E-state index contributed by atoms with van der Waals surface area (Å²) in [4.78, 5) is 0. The van der Waals surface area contributed by atoms with Gasteiger partial charge in [0, 0.05) is 0 Å². The van der Waals surface area contributed by atoms with E-state index < -0.39 is 5.41 Å². The normalized spacial score (nSPS) is 15.0. The van der Waals surface area contributed by atoms with Crippen LogP contribution in [0, 0.1) is 0 Å². The van der Waals surface area contributed by atoms with E-state index in [0.717, 1.165) is 24.8 Å². The van der Waals surface area contributed by atoms with E-state index in [1.165, 1.54) is 11.1 Å². The minimum atomic E-state index is -1.31. The van der Waals surface area contributed by atoms with Crippen LogP contribution in [0.2, 0.25) is 0 Å². The lowest BCUT2D eigenvalue weighted by Crippen LogP contribution is -2.06. The van der Waals surface area contributed by atoms with Crippen molar-refractivity contribution in [2.75, 3.05) is 0 Å². The van der Waals surface area contributed by atoms with Crippen LogP contribution in [0.25, 0.3) is 0 Å². The van der Waals surface area contributed by atoms with Gasteiger partial charge in [0.05, 0.1) is 0 Å². The van der Waals surface area contributed by atoms with Gasteiger partial charge in [-0.2, -0.15) is 0 Å². The zero-order chi connectivity index (χ0) is 11.5. The number of halogens is 1. The van der Waals surface area contributed by atoms with E-state index in [-0.39, 0.29) is 0 Å². The lowest BCUT2D eigenvalue weighted by atomic mass is 9.97. The molecule has 0 fully saturated rings. The third-order valence-electron chi connectivity index (χ3n) is 2.67. The molecule has 0 aromatic heterocycles. The molecule has 0 heterocycles. The van der Waals surface area contributed by atoms with Crippen LogP contribution in [0.1, 0.15) is 43.9 Å². The molecule has 0 aliphatic rings. The van der Waals surface area contributed by atoms with Crippen molar-refractivity contribution in [2.45, 2.75) is 45.4 Å². The molecule has 15 heavy (non-hydrogen) atoms. The number of aryl methyl sites for hydroxylation is 2. The first-order chi connectivity index (χ1) is 6.99. The fourth-order valence-electron chi connectivity index (χ4n) is 1.77. The van der Waals surface area contributed by atoms with Crippen LogP contribution in [0.3, 0.4) is 0 Å². The number of rotatable bonds is 4. The van der Waals surface area contributed by atoms with Crippen LogP contribution in [0.15, 0.2) is 18.2 Å². The minimum absolute atomic E-state index is 0.754. The maximum Gasteiger partial charge on any atom is 0.145 e. The Bertz CT molecular complexity index is 326. The van der Waals surface area contributed by atoms with Gasteiger partial charge >= 0.3 is 0 Å². The first kappa shape index (κ1) is 12.6. The van der Waals surface area contributed by atoms with E-state index in [2.05, 4.69) is 29.2 Å². The summed E-state index contributed by atoms with van der Waals surface area (Å²) in [6, 6.07) is 5.97. The Hall–Kier alpha value is -0.420. The zero-order valence-electron chi connectivity index (χ0n) is 9.81. The highest BCUT2D eigenvalue weighted by Gasteiger charge is 2.19. The highest BCUT2D eigenvalue weighted by Crippen LogP contribution is 2.33. The van der Waals surface area contributed by atoms with Crippen LogP contribution in [0.4, 0.5) is 4.39 Å². The monoisotopic (exact) mass is 226 g/mol. The summed E-state index contributed by atoms with van der Waals surface area (Å²) in [5.41, 5.74) is 3.39. The second-order valence-corrected chi connectivity index (χ2v) is 5.25. The van der Waals surface area contributed by atoms with Gasteiger partial charge in [0.25, 0.3) is 0 Å². The zero-order valence-corrected chi connectivity index (χ0v) is 11.0. The molecule has 0 radical (unpaired) electrons. The maximum absolute atomic E-state index is 13.7. The Morgan fingerprint density at radius 2 is 1.93 bits per heavy atom. The van der Waals surface area contributed by atoms with E-state index in [4.69, 9.17) is 0 Å². The Morgan fingerprint density at radius 1 is 1.27 bits per heavy atom. The van der Waals surface area contributed by atoms with Crippen LogP contribution in [-0.2, 0) is 18.3 Å². The molecule has 0 N–H and O–H groups in total. The second-order valence-electron chi connectivity index (χ2n) is 4.16. The van der Waals surface area contributed by atoms with Crippen molar-refractivity contribution < 1.29 is 4.39 Å². The topological polar surface area (TPSA) is 0 Å². The van der Waals surface area contributed by atoms with Crippen LogP contribution in [-0.4, -0.2) is 0 Å². The molecule has 1 rings (SSSR count). The molecule has 1 aromatic carbocycles. The van der Waals surface area contributed by atoms with Gasteiger partial charge in [-0.05, 0) is 36.5 Å². The molecule has 84 valence electrons. The number of benzene rings is 1. The molecule has 0 saturated carbocycles. The third kappa shape index (κ3) is 3.28. The van der Waals surface area contributed by atoms with Gasteiger partial charge in [0.1, 0.15) is 5.41 Å². The molecule has 0 amide bonds. The minimum Gasteiger partial charge on any atom is -0.235 e. The lowest BCUT2D eigenvalue weighted by Gasteiger charge is -2.17. The van der Waals surface area contributed by atoms with Crippen LogP contribution < -0.4 is 0 Å². The van der Waals surface area contributed by atoms with Gasteiger partial charge in [-0.1, -0.05) is 47.7 Å². The van der Waals surface area contributed by atoms with Crippen LogP contribution >= 0.6 is 9.24 Å². The Balaban J connectivity index is 3.08. The Kier molecular flexibility index (Phi) is 4.28. The fourth-order valence-corrected chi connectivity index (χ4v) is 1.95. The van der Waals surface area contributed by atoms with E-state index in [0.29, 0.717) is 0 Å². The van der Waals surface area contributed by atoms with E-state index in [1.54, 1.807) is 6.92 Å². The van der Waals surface area contributed by atoms with Gasteiger partial charge in [-0.15, -0.1) is 0 Å². The molecular weight excluding hydrogens is 206 g/mol. The first-order valence-corrected chi connectivity index (χ1v) is 6.16. The highest BCUT2D eigenvalue weighted by atomic mass is 31.0. The molecule has 2 atom stereocenters. The summed E-state index contributed by atoms with van der Waals surface area (Å²) in [6.45, 7) is 5.87. The predicted molar refractivity (Wildman–Crippen MR) is 68.0 cm³/mol. The van der Waals surface area contributed by atoms with E-state index in [9.17, 15) is 4.39 Å². The molecule has 0 aliphatic heterocycles. The Labute approximate surface area is 94.5 Å². The predicted octanol–water partition coefficient (Wildman–Crippen LogP) is 4.22. The third-order valence-corrected chi connectivity index (χ3v) is 3.00.